The van der Waals surface area contributed by atoms with Crippen molar-refractivity contribution >= 4 is 0 Å². The van der Waals surface area contributed by atoms with Crippen LogP contribution in [-0.4, -0.2) is 19.9 Å². The van der Waals surface area contributed by atoms with Gasteiger partial charge in [0.05, 0.1) is 22.8 Å². The van der Waals surface area contributed by atoms with Crippen LogP contribution >= 0.6 is 0 Å². The van der Waals surface area contributed by atoms with Crippen molar-refractivity contribution in [2.45, 2.75) is 25.7 Å². The first-order valence-electron chi connectivity index (χ1n) is 9.75. The van der Waals surface area contributed by atoms with Crippen LogP contribution in [0.15, 0.2) is 61.2 Å². The molecule has 134 valence electrons. The van der Waals surface area contributed by atoms with Gasteiger partial charge in [0.1, 0.15) is 0 Å². The summed E-state index contributed by atoms with van der Waals surface area (Å²) >= 11 is 0. The van der Waals surface area contributed by atoms with Crippen molar-refractivity contribution in [2.75, 3.05) is 0 Å². The van der Waals surface area contributed by atoms with Gasteiger partial charge < -0.3 is 0 Å². The van der Waals surface area contributed by atoms with Crippen LogP contribution in [-0.2, 0) is 25.7 Å². The monoisotopic (exact) mass is 362 g/mol. The third-order valence-corrected chi connectivity index (χ3v) is 5.89. The highest BCUT2D eigenvalue weighted by atomic mass is 14.8. The van der Waals surface area contributed by atoms with Gasteiger partial charge in [0.2, 0.25) is 0 Å². The molecule has 4 aromatic heterocycles. The molecular weight excluding hydrogens is 344 g/mol. The summed E-state index contributed by atoms with van der Waals surface area (Å²) in [6.07, 6.45) is 11.5. The van der Waals surface area contributed by atoms with Gasteiger partial charge in [-0.1, -0.05) is 12.1 Å². The van der Waals surface area contributed by atoms with Crippen LogP contribution < -0.4 is 0 Å². The molecule has 0 spiro atoms. The van der Waals surface area contributed by atoms with E-state index >= 15 is 0 Å². The van der Waals surface area contributed by atoms with Crippen molar-refractivity contribution in [3.63, 3.8) is 0 Å². The Bertz CT molecular complexity index is 1140. The summed E-state index contributed by atoms with van der Waals surface area (Å²) in [6.45, 7) is 0. The zero-order chi connectivity index (χ0) is 18.5. The van der Waals surface area contributed by atoms with Crippen molar-refractivity contribution < 1.29 is 0 Å². The molecule has 2 aliphatic carbocycles. The van der Waals surface area contributed by atoms with Crippen LogP contribution in [0.2, 0.25) is 0 Å². The number of aryl methyl sites for hydroxylation is 2. The lowest BCUT2D eigenvalue weighted by molar-refractivity contribution is 0.877. The molecule has 4 heteroatoms. The van der Waals surface area contributed by atoms with Gasteiger partial charge in [-0.3, -0.25) is 15.0 Å². The fourth-order valence-corrected chi connectivity index (χ4v) is 4.64. The second-order valence-corrected chi connectivity index (χ2v) is 7.40. The summed E-state index contributed by atoms with van der Waals surface area (Å²) in [5, 5.41) is 0. The molecule has 0 aromatic carbocycles. The topological polar surface area (TPSA) is 51.6 Å². The lowest BCUT2D eigenvalue weighted by Gasteiger charge is -2.28. The van der Waals surface area contributed by atoms with Gasteiger partial charge in [-0.05, 0) is 83.3 Å². The Kier molecular flexibility index (Phi) is 3.38. The molecule has 4 heterocycles. The van der Waals surface area contributed by atoms with Gasteiger partial charge in [-0.25, -0.2) is 4.98 Å². The normalized spacial score (nSPS) is 13.9. The van der Waals surface area contributed by atoms with Crippen LogP contribution in [0, 0.1) is 0 Å². The predicted molar refractivity (Wildman–Crippen MR) is 109 cm³/mol. The summed E-state index contributed by atoms with van der Waals surface area (Å²) in [5.41, 5.74) is 11.8. The average molecular weight is 362 g/mol. The molecule has 0 amide bonds. The zero-order valence-electron chi connectivity index (χ0n) is 15.4. The maximum Gasteiger partial charge on any atom is 0.0935 e. The van der Waals surface area contributed by atoms with Crippen molar-refractivity contribution in [1.82, 2.24) is 19.9 Å². The molecule has 0 saturated heterocycles. The van der Waals surface area contributed by atoms with Crippen molar-refractivity contribution in [3.8, 4) is 33.9 Å². The van der Waals surface area contributed by atoms with E-state index in [1.165, 1.54) is 33.4 Å². The van der Waals surface area contributed by atoms with Crippen LogP contribution in [0.25, 0.3) is 33.9 Å². The minimum Gasteiger partial charge on any atom is -0.265 e. The Hall–Kier alpha value is -3.40. The molecule has 0 fully saturated rings. The molecule has 0 saturated carbocycles. The molecule has 6 rings (SSSR count). The lowest BCUT2D eigenvalue weighted by atomic mass is 9.80. The standard InChI is InChI=1S/C24H18N4/c1-3-16-5-7-18-20(15-9-13-25-14-10-15)19-8-6-17-4-2-12-27-22(17)24(19)28-23(18)21(16)26-11-1/h1-4,9-14H,5-8H2. The number of fused-ring (bicyclic) bond motifs is 6. The first-order chi connectivity index (χ1) is 13.9. The maximum absolute atomic E-state index is 5.18. The number of rotatable bonds is 1. The van der Waals surface area contributed by atoms with E-state index in [1.54, 1.807) is 0 Å². The molecular formula is C24H18N4. The van der Waals surface area contributed by atoms with Crippen molar-refractivity contribution in [2.24, 2.45) is 0 Å². The Balaban J connectivity index is 1.73. The Morgan fingerprint density at radius 3 is 1.71 bits per heavy atom. The smallest absolute Gasteiger partial charge is 0.0935 e. The molecule has 4 aromatic rings. The first-order valence-corrected chi connectivity index (χ1v) is 9.75. The second kappa shape index (κ2) is 6.06. The fourth-order valence-electron chi connectivity index (χ4n) is 4.64. The van der Waals surface area contributed by atoms with Gasteiger partial charge in [0.25, 0.3) is 0 Å². The molecule has 2 aliphatic rings. The van der Waals surface area contributed by atoms with E-state index < -0.39 is 0 Å². The summed E-state index contributed by atoms with van der Waals surface area (Å²) in [4.78, 5) is 18.8. The molecule has 0 unspecified atom stereocenters. The summed E-state index contributed by atoms with van der Waals surface area (Å²) in [5.74, 6) is 0. The minimum atomic E-state index is 0.987. The largest absolute Gasteiger partial charge is 0.265 e. The van der Waals surface area contributed by atoms with E-state index in [1.807, 2.05) is 36.9 Å². The Labute approximate surface area is 163 Å². The van der Waals surface area contributed by atoms with Crippen LogP contribution in [0.5, 0.6) is 0 Å². The molecule has 0 N–H and O–H groups in total. The van der Waals surface area contributed by atoms with Gasteiger partial charge >= 0.3 is 0 Å². The fraction of sp³-hybridized carbons (Fsp3) is 0.167. The van der Waals surface area contributed by atoms with Gasteiger partial charge in [0, 0.05) is 24.8 Å². The third-order valence-electron chi connectivity index (χ3n) is 5.89. The molecule has 28 heavy (non-hydrogen) atoms. The predicted octanol–water partition coefficient (Wildman–Crippen LogP) is 4.46. The van der Waals surface area contributed by atoms with Crippen LogP contribution in [0.1, 0.15) is 22.3 Å². The quantitative estimate of drug-likeness (QED) is 0.501. The molecule has 0 aliphatic heterocycles. The number of nitrogens with zero attached hydrogens (tertiary/aromatic N) is 4. The van der Waals surface area contributed by atoms with Crippen LogP contribution in [0.4, 0.5) is 0 Å². The highest BCUT2D eigenvalue weighted by molar-refractivity contribution is 5.86. The zero-order valence-corrected chi connectivity index (χ0v) is 15.4. The van der Waals surface area contributed by atoms with E-state index in [0.29, 0.717) is 0 Å². The number of aromatic nitrogens is 4. The number of pyridine rings is 4. The van der Waals surface area contributed by atoms with Gasteiger partial charge in [-0.2, -0.15) is 0 Å². The highest BCUT2D eigenvalue weighted by Gasteiger charge is 2.29. The summed E-state index contributed by atoms with van der Waals surface area (Å²) in [6, 6.07) is 12.6. The molecule has 0 radical (unpaired) electrons. The van der Waals surface area contributed by atoms with E-state index in [4.69, 9.17) is 15.0 Å². The number of hydrogen-bond acceptors (Lipinski definition) is 4. The summed E-state index contributed by atoms with van der Waals surface area (Å²) in [7, 11) is 0. The minimum absolute atomic E-state index is 0.987. The number of hydrogen-bond donors (Lipinski definition) is 0. The average Bonchev–Trinajstić information content (AvgIpc) is 2.78. The third kappa shape index (κ3) is 2.24. The first kappa shape index (κ1) is 15.6. The Morgan fingerprint density at radius 1 is 0.571 bits per heavy atom. The molecule has 4 nitrogen and oxygen atoms in total. The van der Waals surface area contributed by atoms with E-state index in [0.717, 1.165) is 48.5 Å². The molecule has 0 bridgehead atoms. The molecule has 0 atom stereocenters. The van der Waals surface area contributed by atoms with Crippen molar-refractivity contribution in [3.05, 3.63) is 83.4 Å². The SMILES string of the molecule is c1cnc2c(c1)CCc1c-2nc2c(c1-c1ccncc1)CCc1cccnc1-2. The van der Waals surface area contributed by atoms with Crippen LogP contribution in [0.3, 0.4) is 0 Å². The summed E-state index contributed by atoms with van der Waals surface area (Å²) < 4.78 is 0. The van der Waals surface area contributed by atoms with E-state index in [9.17, 15) is 0 Å². The lowest BCUT2D eigenvalue weighted by Crippen LogP contribution is -2.16. The van der Waals surface area contributed by atoms with E-state index in [-0.39, 0.29) is 0 Å². The Morgan fingerprint density at radius 2 is 1.14 bits per heavy atom. The maximum atomic E-state index is 5.18. The van der Waals surface area contributed by atoms with E-state index in [2.05, 4.69) is 29.2 Å². The van der Waals surface area contributed by atoms with Crippen molar-refractivity contribution in [1.29, 1.82) is 0 Å². The van der Waals surface area contributed by atoms with Gasteiger partial charge in [0.15, 0.2) is 0 Å². The van der Waals surface area contributed by atoms with Gasteiger partial charge in [-0.15, -0.1) is 0 Å². The second-order valence-electron chi connectivity index (χ2n) is 7.40. The highest BCUT2D eigenvalue weighted by Crippen LogP contribution is 2.44.